The van der Waals surface area contributed by atoms with Crippen LogP contribution in [0.4, 0.5) is 13.2 Å². The summed E-state index contributed by atoms with van der Waals surface area (Å²) in [6.07, 6.45) is -5.12. The molecule has 0 bridgehead atoms. The maximum Gasteiger partial charge on any atom is 0.442 e. The van der Waals surface area contributed by atoms with E-state index in [1.54, 1.807) is 59.9 Å². The maximum atomic E-state index is 13.9. The molecule has 2 aromatic carbocycles. The Morgan fingerprint density at radius 1 is 1.14 bits per heavy atom. The van der Waals surface area contributed by atoms with Crippen LogP contribution in [0.5, 0.6) is 5.75 Å². The van der Waals surface area contributed by atoms with E-state index in [1.807, 2.05) is 0 Å². The molecular formula is C20H18F3N3O3. The number of halogens is 3. The minimum atomic E-state index is -5.12. The van der Waals surface area contributed by atoms with Crippen molar-refractivity contribution in [2.24, 2.45) is 4.99 Å². The third-order valence-electron chi connectivity index (χ3n) is 4.38. The SMILES string of the molecule is COc1ccc(CN2C(=O)C(NC(C)=O)(C(F)(F)F)N=C2c2ccccc2)cc1. The summed E-state index contributed by atoms with van der Waals surface area (Å²) in [7, 11) is 1.49. The molecule has 1 aliphatic heterocycles. The van der Waals surface area contributed by atoms with Crippen molar-refractivity contribution in [3.8, 4) is 5.75 Å². The summed E-state index contributed by atoms with van der Waals surface area (Å²) in [4.78, 5) is 29.1. The van der Waals surface area contributed by atoms with Crippen molar-refractivity contribution in [3.05, 3.63) is 65.7 Å². The van der Waals surface area contributed by atoms with E-state index in [9.17, 15) is 22.8 Å². The van der Waals surface area contributed by atoms with Crippen molar-refractivity contribution in [1.82, 2.24) is 10.2 Å². The quantitative estimate of drug-likeness (QED) is 0.832. The number of hydrogen-bond donors (Lipinski definition) is 1. The molecule has 1 aliphatic rings. The number of benzene rings is 2. The van der Waals surface area contributed by atoms with Gasteiger partial charge in [0, 0.05) is 12.5 Å². The molecular weight excluding hydrogens is 387 g/mol. The van der Waals surface area contributed by atoms with Crippen molar-refractivity contribution in [3.63, 3.8) is 0 Å². The lowest BCUT2D eigenvalue weighted by molar-refractivity contribution is -0.200. The van der Waals surface area contributed by atoms with E-state index in [4.69, 9.17) is 4.74 Å². The van der Waals surface area contributed by atoms with Crippen LogP contribution in [0.1, 0.15) is 18.1 Å². The molecule has 2 aromatic rings. The number of nitrogens with zero attached hydrogens (tertiary/aromatic N) is 2. The van der Waals surface area contributed by atoms with Crippen LogP contribution in [-0.2, 0) is 16.1 Å². The summed E-state index contributed by atoms with van der Waals surface area (Å²) < 4.78 is 46.9. The highest BCUT2D eigenvalue weighted by Gasteiger charge is 2.66. The van der Waals surface area contributed by atoms with E-state index >= 15 is 0 Å². The normalized spacial score (nSPS) is 19.1. The Morgan fingerprint density at radius 3 is 2.28 bits per heavy atom. The summed E-state index contributed by atoms with van der Waals surface area (Å²) in [5.74, 6) is -1.98. The molecule has 1 atom stereocenters. The van der Waals surface area contributed by atoms with Crippen LogP contribution in [0.3, 0.4) is 0 Å². The molecule has 6 nitrogen and oxygen atoms in total. The first-order valence-electron chi connectivity index (χ1n) is 8.63. The Labute approximate surface area is 165 Å². The van der Waals surface area contributed by atoms with E-state index in [-0.39, 0.29) is 12.4 Å². The highest BCUT2D eigenvalue weighted by atomic mass is 19.4. The van der Waals surface area contributed by atoms with Crippen molar-refractivity contribution in [2.75, 3.05) is 7.11 Å². The average molecular weight is 405 g/mol. The molecule has 3 rings (SSSR count). The predicted molar refractivity (Wildman–Crippen MR) is 99.1 cm³/mol. The van der Waals surface area contributed by atoms with Crippen molar-refractivity contribution < 1.29 is 27.5 Å². The fraction of sp³-hybridized carbons (Fsp3) is 0.250. The highest BCUT2D eigenvalue weighted by Crippen LogP contribution is 2.39. The molecule has 0 radical (unpaired) electrons. The number of rotatable bonds is 5. The third-order valence-corrected chi connectivity index (χ3v) is 4.38. The van der Waals surface area contributed by atoms with E-state index in [0.29, 0.717) is 16.9 Å². The molecule has 0 aromatic heterocycles. The van der Waals surface area contributed by atoms with Crippen molar-refractivity contribution >= 4 is 17.6 Å². The lowest BCUT2D eigenvalue weighted by Crippen LogP contribution is -2.62. The number of amides is 2. The molecule has 1 unspecified atom stereocenters. The zero-order chi connectivity index (χ0) is 21.2. The lowest BCUT2D eigenvalue weighted by atomic mass is 10.1. The molecule has 152 valence electrons. The van der Waals surface area contributed by atoms with Gasteiger partial charge < -0.3 is 10.1 Å². The van der Waals surface area contributed by atoms with Gasteiger partial charge in [0.05, 0.1) is 13.7 Å². The second kappa shape index (κ2) is 7.57. The number of alkyl halides is 3. The first kappa shape index (κ1) is 20.4. The van der Waals surface area contributed by atoms with E-state index in [2.05, 4.69) is 4.99 Å². The molecule has 0 saturated carbocycles. The summed E-state index contributed by atoms with van der Waals surface area (Å²) in [6.45, 7) is 0.749. The minimum Gasteiger partial charge on any atom is -0.497 e. The maximum absolute atomic E-state index is 13.9. The van der Waals surface area contributed by atoms with Crippen LogP contribution in [-0.4, -0.2) is 41.5 Å². The molecule has 0 spiro atoms. The van der Waals surface area contributed by atoms with Gasteiger partial charge in [0.1, 0.15) is 11.6 Å². The smallest absolute Gasteiger partial charge is 0.442 e. The molecule has 29 heavy (non-hydrogen) atoms. The van der Waals surface area contributed by atoms with Gasteiger partial charge in [-0.15, -0.1) is 0 Å². The van der Waals surface area contributed by atoms with Gasteiger partial charge in [-0.2, -0.15) is 13.2 Å². The highest BCUT2D eigenvalue weighted by molar-refractivity contribution is 6.16. The van der Waals surface area contributed by atoms with Crippen molar-refractivity contribution in [1.29, 1.82) is 0 Å². The Hall–Kier alpha value is -3.36. The van der Waals surface area contributed by atoms with E-state index in [0.717, 1.165) is 11.8 Å². The molecule has 9 heteroatoms. The Kier molecular flexibility index (Phi) is 5.32. The summed E-state index contributed by atoms with van der Waals surface area (Å²) >= 11 is 0. The predicted octanol–water partition coefficient (Wildman–Crippen LogP) is 2.88. The van der Waals surface area contributed by atoms with Crippen LogP contribution in [0, 0.1) is 0 Å². The molecule has 2 amide bonds. The van der Waals surface area contributed by atoms with Crippen molar-refractivity contribution in [2.45, 2.75) is 25.3 Å². The number of carbonyl (C=O) groups is 2. The lowest BCUT2D eigenvalue weighted by Gasteiger charge is -2.28. The number of amidine groups is 1. The number of aliphatic imine (C=N–C) groups is 1. The van der Waals surface area contributed by atoms with Crippen LogP contribution in [0.25, 0.3) is 0 Å². The van der Waals surface area contributed by atoms with Crippen LogP contribution in [0.15, 0.2) is 59.6 Å². The van der Waals surface area contributed by atoms with Gasteiger partial charge in [-0.25, -0.2) is 4.99 Å². The summed E-state index contributed by atoms with van der Waals surface area (Å²) in [6, 6.07) is 14.6. The molecule has 0 fully saturated rings. The summed E-state index contributed by atoms with van der Waals surface area (Å²) in [5.41, 5.74) is -2.47. The fourth-order valence-electron chi connectivity index (χ4n) is 3.02. The van der Waals surface area contributed by atoms with Crippen LogP contribution >= 0.6 is 0 Å². The van der Waals surface area contributed by atoms with Gasteiger partial charge in [0.25, 0.3) is 5.91 Å². The van der Waals surface area contributed by atoms with Gasteiger partial charge in [0.2, 0.25) is 5.91 Å². The fourth-order valence-corrected chi connectivity index (χ4v) is 3.02. The zero-order valence-corrected chi connectivity index (χ0v) is 15.7. The number of ether oxygens (including phenoxy) is 1. The Morgan fingerprint density at radius 2 is 1.76 bits per heavy atom. The zero-order valence-electron chi connectivity index (χ0n) is 15.7. The standard InChI is InChI=1S/C20H18F3N3O3/c1-13(27)24-19(20(21,22)23)18(28)26(12-14-8-10-16(29-2)11-9-14)17(25-19)15-6-4-3-5-7-15/h3-11H,12H2,1-2H3,(H,24,27). The number of carbonyl (C=O) groups excluding carboxylic acids is 2. The average Bonchev–Trinajstić information content (AvgIpc) is 2.96. The largest absolute Gasteiger partial charge is 0.497 e. The van der Waals surface area contributed by atoms with Gasteiger partial charge >= 0.3 is 11.8 Å². The van der Waals surface area contributed by atoms with Gasteiger partial charge in [-0.1, -0.05) is 42.5 Å². The topological polar surface area (TPSA) is 71.0 Å². The first-order chi connectivity index (χ1) is 13.7. The van der Waals surface area contributed by atoms with E-state index in [1.165, 1.54) is 7.11 Å². The molecule has 1 heterocycles. The molecule has 0 aliphatic carbocycles. The monoisotopic (exact) mass is 405 g/mol. The Bertz CT molecular complexity index is 943. The van der Waals surface area contributed by atoms with E-state index < -0.39 is 23.7 Å². The summed E-state index contributed by atoms with van der Waals surface area (Å²) in [5, 5.41) is 1.72. The second-order valence-electron chi connectivity index (χ2n) is 6.43. The molecule has 1 N–H and O–H groups in total. The number of nitrogens with one attached hydrogen (secondary N) is 1. The third kappa shape index (κ3) is 3.80. The van der Waals surface area contributed by atoms with Crippen LogP contribution in [0.2, 0.25) is 0 Å². The van der Waals surface area contributed by atoms with Gasteiger partial charge in [0.15, 0.2) is 0 Å². The minimum absolute atomic E-state index is 0.159. The molecule has 0 saturated heterocycles. The van der Waals surface area contributed by atoms with Gasteiger partial charge in [-0.3, -0.25) is 14.5 Å². The van der Waals surface area contributed by atoms with Crippen LogP contribution < -0.4 is 10.1 Å². The Balaban J connectivity index is 2.09. The van der Waals surface area contributed by atoms with Gasteiger partial charge in [-0.05, 0) is 17.7 Å². The number of methoxy groups -OCH3 is 1. The number of hydrogen-bond acceptors (Lipinski definition) is 4. The first-order valence-corrected chi connectivity index (χ1v) is 8.63. The second-order valence-corrected chi connectivity index (χ2v) is 6.43.